The van der Waals surface area contributed by atoms with Crippen molar-refractivity contribution >= 4 is 0 Å². The first kappa shape index (κ1) is 14.4. The number of hydrogen-bond donors (Lipinski definition) is 1. The summed E-state index contributed by atoms with van der Waals surface area (Å²) in [7, 11) is 1.75. The molecule has 0 radical (unpaired) electrons. The second-order valence-electron chi connectivity index (χ2n) is 5.75. The Kier molecular flexibility index (Phi) is 4.87. The molecule has 1 heterocycles. The molecule has 2 nitrogen and oxygen atoms in total. The van der Waals surface area contributed by atoms with Gasteiger partial charge in [0.25, 0.3) is 0 Å². The van der Waals surface area contributed by atoms with Crippen LogP contribution in [0.4, 0.5) is 0 Å². The average Bonchev–Trinajstić information content (AvgIpc) is 2.84. The second kappa shape index (κ2) is 6.42. The Labute approximate surface area is 117 Å². The van der Waals surface area contributed by atoms with Crippen molar-refractivity contribution in [3.05, 3.63) is 29.8 Å². The second-order valence-corrected chi connectivity index (χ2v) is 5.75. The molecular weight excluding hydrogens is 234 g/mol. The Hall–Kier alpha value is -1.02. The lowest BCUT2D eigenvalue weighted by Gasteiger charge is -2.35. The molecule has 0 amide bonds. The Balaban J connectivity index is 2.36. The van der Waals surface area contributed by atoms with Gasteiger partial charge in [-0.2, -0.15) is 0 Å². The fourth-order valence-corrected chi connectivity index (χ4v) is 3.69. The van der Waals surface area contributed by atoms with Gasteiger partial charge in [-0.05, 0) is 43.0 Å². The maximum absolute atomic E-state index is 5.41. The van der Waals surface area contributed by atoms with Gasteiger partial charge in [-0.25, -0.2) is 0 Å². The molecule has 0 aromatic heterocycles. The lowest BCUT2D eigenvalue weighted by Crippen LogP contribution is -2.35. The molecule has 0 aliphatic carbocycles. The van der Waals surface area contributed by atoms with Gasteiger partial charge < -0.3 is 10.1 Å². The van der Waals surface area contributed by atoms with Crippen molar-refractivity contribution in [1.29, 1.82) is 0 Å². The number of hydrogen-bond acceptors (Lipinski definition) is 2. The van der Waals surface area contributed by atoms with Crippen molar-refractivity contribution in [3.8, 4) is 5.75 Å². The quantitative estimate of drug-likeness (QED) is 0.842. The largest absolute Gasteiger partial charge is 0.497 e. The van der Waals surface area contributed by atoms with Crippen LogP contribution in [-0.2, 0) is 5.41 Å². The van der Waals surface area contributed by atoms with E-state index in [2.05, 4.69) is 37.4 Å². The third kappa shape index (κ3) is 2.79. The van der Waals surface area contributed by atoms with E-state index in [9.17, 15) is 0 Å². The molecule has 0 unspecified atom stereocenters. The van der Waals surface area contributed by atoms with Gasteiger partial charge in [0.15, 0.2) is 0 Å². The number of nitrogens with one attached hydrogen (secondary N) is 1. The van der Waals surface area contributed by atoms with Crippen molar-refractivity contribution in [2.45, 2.75) is 44.9 Å². The summed E-state index contributed by atoms with van der Waals surface area (Å²) in [6.45, 7) is 6.85. The van der Waals surface area contributed by atoms with Crippen LogP contribution in [0.1, 0.15) is 45.1 Å². The lowest BCUT2D eigenvalue weighted by atomic mass is 9.68. The van der Waals surface area contributed by atoms with Crippen molar-refractivity contribution < 1.29 is 4.74 Å². The fourth-order valence-electron chi connectivity index (χ4n) is 3.69. The zero-order chi connectivity index (χ0) is 13.7. The van der Waals surface area contributed by atoms with E-state index in [1.807, 2.05) is 6.07 Å². The molecule has 2 rings (SSSR count). The summed E-state index contributed by atoms with van der Waals surface area (Å²) in [6, 6.07) is 8.70. The molecule has 1 saturated heterocycles. The van der Waals surface area contributed by atoms with Crippen LogP contribution in [0.5, 0.6) is 5.75 Å². The number of benzene rings is 1. The van der Waals surface area contributed by atoms with Gasteiger partial charge in [0.05, 0.1) is 7.11 Å². The van der Waals surface area contributed by atoms with E-state index in [0.29, 0.717) is 5.41 Å². The van der Waals surface area contributed by atoms with E-state index >= 15 is 0 Å². The van der Waals surface area contributed by atoms with Crippen molar-refractivity contribution in [2.75, 3.05) is 20.2 Å². The summed E-state index contributed by atoms with van der Waals surface area (Å²) < 4.78 is 5.41. The van der Waals surface area contributed by atoms with E-state index in [0.717, 1.165) is 24.8 Å². The zero-order valence-corrected chi connectivity index (χ0v) is 12.5. The standard InChI is InChI=1S/C17H27NO/c1-4-7-15-12-18-13-17(15,10-5-2)14-8-6-9-16(11-14)19-3/h6,8-9,11,15,18H,4-5,7,10,12-13H2,1-3H3/t15-,17+/m0/s1. The minimum atomic E-state index is 0.305. The van der Waals surface area contributed by atoms with Gasteiger partial charge in [0, 0.05) is 12.0 Å². The molecule has 0 bridgehead atoms. The van der Waals surface area contributed by atoms with Gasteiger partial charge in [-0.15, -0.1) is 0 Å². The minimum absolute atomic E-state index is 0.305. The topological polar surface area (TPSA) is 21.3 Å². The lowest BCUT2D eigenvalue weighted by molar-refractivity contribution is 0.296. The van der Waals surface area contributed by atoms with Gasteiger partial charge in [0.1, 0.15) is 5.75 Å². The highest BCUT2D eigenvalue weighted by Crippen LogP contribution is 2.42. The Bertz CT molecular complexity index is 404. The Morgan fingerprint density at radius 3 is 2.84 bits per heavy atom. The van der Waals surface area contributed by atoms with Crippen molar-refractivity contribution in [1.82, 2.24) is 5.32 Å². The molecule has 0 saturated carbocycles. The number of ether oxygens (including phenoxy) is 1. The summed E-state index contributed by atoms with van der Waals surface area (Å²) in [5, 5.41) is 3.63. The van der Waals surface area contributed by atoms with Crippen molar-refractivity contribution in [3.63, 3.8) is 0 Å². The van der Waals surface area contributed by atoms with Crippen LogP contribution in [0.15, 0.2) is 24.3 Å². The first-order chi connectivity index (χ1) is 9.26. The predicted molar refractivity (Wildman–Crippen MR) is 80.8 cm³/mol. The van der Waals surface area contributed by atoms with E-state index in [1.165, 1.54) is 31.2 Å². The molecule has 19 heavy (non-hydrogen) atoms. The third-order valence-electron chi connectivity index (χ3n) is 4.59. The monoisotopic (exact) mass is 261 g/mol. The van der Waals surface area contributed by atoms with Gasteiger partial charge in [-0.3, -0.25) is 0 Å². The smallest absolute Gasteiger partial charge is 0.119 e. The maximum Gasteiger partial charge on any atom is 0.119 e. The van der Waals surface area contributed by atoms with E-state index < -0.39 is 0 Å². The van der Waals surface area contributed by atoms with E-state index in [4.69, 9.17) is 4.74 Å². The molecule has 1 aromatic carbocycles. The number of rotatable bonds is 6. The summed E-state index contributed by atoms with van der Waals surface area (Å²) in [5.74, 6) is 1.74. The van der Waals surface area contributed by atoms with Gasteiger partial charge >= 0.3 is 0 Å². The van der Waals surface area contributed by atoms with Crippen LogP contribution >= 0.6 is 0 Å². The molecule has 106 valence electrons. The van der Waals surface area contributed by atoms with Crippen LogP contribution < -0.4 is 10.1 Å². The Morgan fingerprint density at radius 1 is 1.32 bits per heavy atom. The summed E-state index contributed by atoms with van der Waals surface area (Å²) >= 11 is 0. The highest BCUT2D eigenvalue weighted by atomic mass is 16.5. The Morgan fingerprint density at radius 2 is 2.16 bits per heavy atom. The van der Waals surface area contributed by atoms with Crippen LogP contribution in [0, 0.1) is 5.92 Å². The zero-order valence-electron chi connectivity index (χ0n) is 12.5. The number of methoxy groups -OCH3 is 1. The minimum Gasteiger partial charge on any atom is -0.497 e. The molecule has 0 spiro atoms. The molecule has 1 aromatic rings. The fraction of sp³-hybridized carbons (Fsp3) is 0.647. The van der Waals surface area contributed by atoms with E-state index in [1.54, 1.807) is 7.11 Å². The molecule has 1 N–H and O–H groups in total. The van der Waals surface area contributed by atoms with Crippen molar-refractivity contribution in [2.24, 2.45) is 5.92 Å². The highest BCUT2D eigenvalue weighted by Gasteiger charge is 2.42. The molecular formula is C17H27NO. The summed E-state index contributed by atoms with van der Waals surface area (Å²) in [4.78, 5) is 0. The molecule has 1 fully saturated rings. The summed E-state index contributed by atoms with van der Waals surface area (Å²) in [5.41, 5.74) is 1.76. The predicted octanol–water partition coefficient (Wildman–Crippen LogP) is 3.75. The van der Waals surface area contributed by atoms with Crippen LogP contribution in [0.2, 0.25) is 0 Å². The van der Waals surface area contributed by atoms with Crippen LogP contribution in [-0.4, -0.2) is 20.2 Å². The van der Waals surface area contributed by atoms with Crippen LogP contribution in [0.25, 0.3) is 0 Å². The SMILES string of the molecule is CCC[C@H]1CNC[C@]1(CCC)c1cccc(OC)c1. The molecule has 1 aliphatic heterocycles. The van der Waals surface area contributed by atoms with Crippen LogP contribution in [0.3, 0.4) is 0 Å². The average molecular weight is 261 g/mol. The summed E-state index contributed by atoms with van der Waals surface area (Å²) in [6.07, 6.45) is 5.07. The molecule has 1 aliphatic rings. The molecule has 2 heteroatoms. The normalized spacial score (nSPS) is 26.6. The first-order valence-electron chi connectivity index (χ1n) is 7.62. The van der Waals surface area contributed by atoms with E-state index in [-0.39, 0.29) is 0 Å². The first-order valence-corrected chi connectivity index (χ1v) is 7.62. The maximum atomic E-state index is 5.41. The third-order valence-corrected chi connectivity index (χ3v) is 4.59. The van der Waals surface area contributed by atoms with Gasteiger partial charge in [0.2, 0.25) is 0 Å². The molecule has 2 atom stereocenters. The van der Waals surface area contributed by atoms with Gasteiger partial charge in [-0.1, -0.05) is 38.8 Å². The highest BCUT2D eigenvalue weighted by molar-refractivity contribution is 5.36.